The highest BCUT2D eigenvalue weighted by molar-refractivity contribution is 7.91. The number of rotatable bonds is 7. The van der Waals surface area contributed by atoms with Crippen LogP contribution < -0.4 is 4.74 Å². The lowest BCUT2D eigenvalue weighted by molar-refractivity contribution is -0.136. The topological polar surface area (TPSA) is 103 Å². The van der Waals surface area contributed by atoms with Gasteiger partial charge in [-0.25, -0.2) is 18.2 Å². The molecule has 0 N–H and O–H groups in total. The largest absolute Gasteiger partial charge is 0.477 e. The average molecular weight is 370 g/mol. The maximum atomic E-state index is 12.3. The van der Waals surface area contributed by atoms with Crippen LogP contribution in [0.2, 0.25) is 0 Å². The van der Waals surface area contributed by atoms with Gasteiger partial charge in [0.2, 0.25) is 5.88 Å². The van der Waals surface area contributed by atoms with Crippen LogP contribution in [-0.2, 0) is 19.4 Å². The van der Waals surface area contributed by atoms with Gasteiger partial charge in [-0.2, -0.15) is 0 Å². The molecular weight excluding hydrogens is 348 g/mol. The van der Waals surface area contributed by atoms with Gasteiger partial charge < -0.3 is 14.4 Å². The Hall–Kier alpha value is -2.16. The lowest BCUT2D eigenvalue weighted by Gasteiger charge is -2.26. The number of amides is 1. The van der Waals surface area contributed by atoms with E-state index in [0.717, 1.165) is 0 Å². The maximum Gasteiger partial charge on any atom is 0.344 e. The number of hydrogen-bond acceptors (Lipinski definition) is 7. The third kappa shape index (κ3) is 4.91. The first-order valence-electron chi connectivity index (χ1n) is 8.12. The molecule has 9 heteroatoms. The Morgan fingerprint density at radius 1 is 1.36 bits per heavy atom. The van der Waals surface area contributed by atoms with Crippen molar-refractivity contribution in [2.75, 3.05) is 31.3 Å². The van der Waals surface area contributed by atoms with Crippen LogP contribution in [0.1, 0.15) is 30.6 Å². The van der Waals surface area contributed by atoms with Crippen molar-refractivity contribution in [2.45, 2.75) is 26.3 Å². The van der Waals surface area contributed by atoms with Gasteiger partial charge in [0.25, 0.3) is 5.91 Å². The summed E-state index contributed by atoms with van der Waals surface area (Å²) >= 11 is 0. The number of sulfone groups is 1. The molecule has 2 rings (SSSR count). The molecule has 0 bridgehead atoms. The Morgan fingerprint density at radius 2 is 2.12 bits per heavy atom. The van der Waals surface area contributed by atoms with E-state index >= 15 is 0 Å². The standard InChI is InChI=1S/C16H22N2O6S/c1-3-18(12-7-9-25(21,22)11-12)14(19)10-24-16(20)13-6-5-8-17-15(13)23-4-2/h5-6,8,12H,3-4,7,9-11H2,1-2H3/t12-/m1/s1. The summed E-state index contributed by atoms with van der Waals surface area (Å²) in [7, 11) is -3.10. The van der Waals surface area contributed by atoms with Crippen LogP contribution in [0.5, 0.6) is 5.88 Å². The fourth-order valence-electron chi connectivity index (χ4n) is 2.75. The van der Waals surface area contributed by atoms with E-state index in [2.05, 4.69) is 4.98 Å². The second kappa shape index (κ2) is 8.28. The second-order valence-electron chi connectivity index (χ2n) is 5.60. The predicted octanol–water partition coefficient (Wildman–Crippen LogP) is 0.673. The summed E-state index contributed by atoms with van der Waals surface area (Å²) < 4.78 is 33.5. The molecule has 8 nitrogen and oxygen atoms in total. The molecule has 2 heterocycles. The van der Waals surface area contributed by atoms with Crippen molar-refractivity contribution in [2.24, 2.45) is 0 Å². The van der Waals surface area contributed by atoms with Crippen molar-refractivity contribution >= 4 is 21.7 Å². The Morgan fingerprint density at radius 3 is 2.72 bits per heavy atom. The van der Waals surface area contributed by atoms with Crippen LogP contribution in [0.4, 0.5) is 0 Å². The zero-order chi connectivity index (χ0) is 18.4. The fourth-order valence-corrected chi connectivity index (χ4v) is 4.48. The molecule has 0 aliphatic carbocycles. The zero-order valence-corrected chi connectivity index (χ0v) is 15.1. The Labute approximate surface area is 147 Å². The Bertz CT molecular complexity index is 734. The lowest BCUT2D eigenvalue weighted by atomic mass is 10.2. The fraction of sp³-hybridized carbons (Fsp3) is 0.562. The Kier molecular flexibility index (Phi) is 6.35. The first-order chi connectivity index (χ1) is 11.9. The van der Waals surface area contributed by atoms with Gasteiger partial charge in [0.1, 0.15) is 5.56 Å². The van der Waals surface area contributed by atoms with Gasteiger partial charge in [-0.05, 0) is 32.4 Å². The highest BCUT2D eigenvalue weighted by Crippen LogP contribution is 2.19. The van der Waals surface area contributed by atoms with Crippen molar-refractivity contribution in [1.29, 1.82) is 0 Å². The monoisotopic (exact) mass is 370 g/mol. The van der Waals surface area contributed by atoms with Crippen molar-refractivity contribution in [3.63, 3.8) is 0 Å². The third-order valence-electron chi connectivity index (χ3n) is 3.91. The smallest absolute Gasteiger partial charge is 0.344 e. The molecule has 0 aromatic carbocycles. The van der Waals surface area contributed by atoms with E-state index in [4.69, 9.17) is 9.47 Å². The molecule has 0 unspecified atom stereocenters. The summed E-state index contributed by atoms with van der Waals surface area (Å²) in [4.78, 5) is 29.9. The predicted molar refractivity (Wildman–Crippen MR) is 90.1 cm³/mol. The summed E-state index contributed by atoms with van der Waals surface area (Å²) in [5.74, 6) is -0.941. The molecule has 1 aromatic heterocycles. The molecule has 0 spiro atoms. The molecule has 25 heavy (non-hydrogen) atoms. The molecule has 1 aliphatic rings. The summed E-state index contributed by atoms with van der Waals surface area (Å²) in [6.07, 6.45) is 1.90. The second-order valence-corrected chi connectivity index (χ2v) is 7.83. The summed E-state index contributed by atoms with van der Waals surface area (Å²) in [5.41, 5.74) is 0.142. The van der Waals surface area contributed by atoms with Crippen molar-refractivity contribution in [3.05, 3.63) is 23.9 Å². The summed E-state index contributed by atoms with van der Waals surface area (Å²) in [5, 5.41) is 0. The molecule has 1 saturated heterocycles. The van der Waals surface area contributed by atoms with E-state index in [1.54, 1.807) is 19.9 Å². The van der Waals surface area contributed by atoms with E-state index in [-0.39, 0.29) is 29.0 Å². The summed E-state index contributed by atoms with van der Waals surface area (Å²) in [6, 6.07) is 2.72. The zero-order valence-electron chi connectivity index (χ0n) is 14.3. The number of pyridine rings is 1. The number of likely N-dealkylation sites (N-methyl/N-ethyl adjacent to an activating group) is 1. The minimum absolute atomic E-state index is 0.0440. The quantitative estimate of drug-likeness (QED) is 0.650. The highest BCUT2D eigenvalue weighted by Gasteiger charge is 2.34. The number of aromatic nitrogens is 1. The summed E-state index contributed by atoms with van der Waals surface area (Å²) in [6.45, 7) is 3.77. The van der Waals surface area contributed by atoms with Crippen molar-refractivity contribution < 1.29 is 27.5 Å². The van der Waals surface area contributed by atoms with E-state index in [0.29, 0.717) is 19.6 Å². The van der Waals surface area contributed by atoms with E-state index in [1.165, 1.54) is 17.2 Å². The van der Waals surface area contributed by atoms with Crippen LogP contribution in [0.3, 0.4) is 0 Å². The minimum atomic E-state index is -3.10. The minimum Gasteiger partial charge on any atom is -0.477 e. The van der Waals surface area contributed by atoms with E-state index in [1.807, 2.05) is 0 Å². The average Bonchev–Trinajstić information content (AvgIpc) is 2.94. The van der Waals surface area contributed by atoms with Crippen molar-refractivity contribution in [1.82, 2.24) is 9.88 Å². The number of esters is 1. The Balaban J connectivity index is 1.98. The molecule has 1 fully saturated rings. The molecule has 0 saturated carbocycles. The SMILES string of the molecule is CCOc1ncccc1C(=O)OCC(=O)N(CC)[C@@H]1CCS(=O)(=O)C1. The number of carbonyl (C=O) groups is 2. The number of nitrogens with zero attached hydrogens (tertiary/aromatic N) is 2. The molecule has 1 amide bonds. The third-order valence-corrected chi connectivity index (χ3v) is 5.66. The molecule has 0 radical (unpaired) electrons. The van der Waals surface area contributed by atoms with Gasteiger partial charge in [0.15, 0.2) is 16.4 Å². The van der Waals surface area contributed by atoms with Gasteiger partial charge in [0.05, 0.1) is 18.1 Å². The first kappa shape index (κ1) is 19.2. The van der Waals surface area contributed by atoms with Crippen LogP contribution in [0, 0.1) is 0 Å². The van der Waals surface area contributed by atoms with Gasteiger partial charge in [0, 0.05) is 18.8 Å². The molecular formula is C16H22N2O6S. The van der Waals surface area contributed by atoms with Gasteiger partial charge >= 0.3 is 5.97 Å². The van der Waals surface area contributed by atoms with E-state index < -0.39 is 28.3 Å². The van der Waals surface area contributed by atoms with Crippen LogP contribution in [-0.4, -0.2) is 67.5 Å². The first-order valence-corrected chi connectivity index (χ1v) is 9.95. The van der Waals surface area contributed by atoms with E-state index in [9.17, 15) is 18.0 Å². The lowest BCUT2D eigenvalue weighted by Crippen LogP contribution is -2.43. The van der Waals surface area contributed by atoms with Gasteiger partial charge in [-0.1, -0.05) is 0 Å². The molecule has 1 atom stereocenters. The number of carbonyl (C=O) groups excluding carboxylic acids is 2. The van der Waals surface area contributed by atoms with Crippen LogP contribution >= 0.6 is 0 Å². The highest BCUT2D eigenvalue weighted by atomic mass is 32.2. The van der Waals surface area contributed by atoms with Crippen molar-refractivity contribution in [3.8, 4) is 5.88 Å². The molecule has 138 valence electrons. The van der Waals surface area contributed by atoms with Crippen LogP contribution in [0.15, 0.2) is 18.3 Å². The molecule has 1 aliphatic heterocycles. The maximum absolute atomic E-state index is 12.3. The van der Waals surface area contributed by atoms with Gasteiger partial charge in [-0.15, -0.1) is 0 Å². The number of ether oxygens (including phenoxy) is 2. The molecule has 1 aromatic rings. The van der Waals surface area contributed by atoms with Gasteiger partial charge in [-0.3, -0.25) is 4.79 Å². The normalized spacial score (nSPS) is 18.6. The number of hydrogen-bond donors (Lipinski definition) is 0. The van der Waals surface area contributed by atoms with Crippen LogP contribution in [0.25, 0.3) is 0 Å².